The first kappa shape index (κ1) is 22.5. The summed E-state index contributed by atoms with van der Waals surface area (Å²) in [5, 5.41) is 0. The molecule has 0 bridgehead atoms. The number of carbonyl (C=O) groups excluding carboxylic acids is 1. The van der Waals surface area contributed by atoms with Gasteiger partial charge in [-0.2, -0.15) is 0 Å². The Balaban J connectivity index is -0.000000490. The van der Waals surface area contributed by atoms with Crippen molar-refractivity contribution in [3.05, 3.63) is 35.9 Å². The van der Waals surface area contributed by atoms with Gasteiger partial charge in [0, 0.05) is 12.8 Å². The van der Waals surface area contributed by atoms with Crippen LogP contribution in [0.4, 0.5) is 0 Å². The van der Waals surface area contributed by atoms with E-state index in [1.807, 2.05) is 6.07 Å². The molecular weight excluding hydrogens is 293 g/mol. The zero-order valence-corrected chi connectivity index (χ0v) is 12.8. The molecule has 0 heterocycles. The standard InChI is InChI=1S/C12H14O.Al.3ClH/c13-12-8-4-7-11(9-12)10-5-2-1-3-6-10;;;;/h1-3,5-6,11H,4,7-9H2;;3*1H/q;+3;;;/p-3. The number of rotatable bonds is 1. The minimum absolute atomic E-state index is 0. The maximum atomic E-state index is 11.2. The third-order valence-electron chi connectivity index (χ3n) is 2.75. The van der Waals surface area contributed by atoms with Crippen LogP contribution in [0.1, 0.15) is 37.2 Å². The van der Waals surface area contributed by atoms with Crippen LogP contribution in [0, 0.1) is 0 Å². The van der Waals surface area contributed by atoms with Crippen LogP contribution in [0.2, 0.25) is 0 Å². The van der Waals surface area contributed by atoms with Crippen LogP contribution in [0.15, 0.2) is 30.3 Å². The molecule has 0 aromatic heterocycles. The number of Topliss-reactive ketones (excluding diaryl/α,β-unsaturated/α-hetero) is 1. The van der Waals surface area contributed by atoms with E-state index in [0.717, 1.165) is 19.3 Å². The predicted octanol–water partition coefficient (Wildman–Crippen LogP) is -6.46. The summed E-state index contributed by atoms with van der Waals surface area (Å²) in [6.45, 7) is 0. The van der Waals surface area contributed by atoms with E-state index in [1.54, 1.807) is 0 Å². The fourth-order valence-electron chi connectivity index (χ4n) is 2.03. The van der Waals surface area contributed by atoms with Crippen molar-refractivity contribution >= 4 is 23.1 Å². The summed E-state index contributed by atoms with van der Waals surface area (Å²) in [7, 11) is 0. The van der Waals surface area contributed by atoms with E-state index < -0.39 is 0 Å². The molecule has 1 unspecified atom stereocenters. The zero-order chi connectivity index (χ0) is 9.10. The third-order valence-corrected chi connectivity index (χ3v) is 2.75. The molecule has 0 amide bonds. The minimum atomic E-state index is 0. The van der Waals surface area contributed by atoms with E-state index in [2.05, 4.69) is 24.3 Å². The van der Waals surface area contributed by atoms with Crippen LogP contribution in [-0.4, -0.2) is 23.1 Å². The molecule has 0 saturated heterocycles. The van der Waals surface area contributed by atoms with Gasteiger partial charge in [0.25, 0.3) is 0 Å². The molecule has 1 aromatic rings. The molecule has 17 heavy (non-hydrogen) atoms. The molecule has 0 aliphatic heterocycles. The van der Waals surface area contributed by atoms with Crippen LogP contribution in [0.25, 0.3) is 0 Å². The summed E-state index contributed by atoms with van der Waals surface area (Å²) in [6.07, 6.45) is 3.79. The Morgan fingerprint density at radius 1 is 1.00 bits per heavy atom. The largest absolute Gasteiger partial charge is 3.00 e. The Labute approximate surface area is 132 Å². The molecule has 0 radical (unpaired) electrons. The van der Waals surface area contributed by atoms with Gasteiger partial charge in [0.05, 0.1) is 0 Å². The minimum Gasteiger partial charge on any atom is -1.00 e. The van der Waals surface area contributed by atoms with Crippen molar-refractivity contribution in [2.75, 3.05) is 0 Å². The van der Waals surface area contributed by atoms with Gasteiger partial charge in [-0.15, -0.1) is 0 Å². The van der Waals surface area contributed by atoms with Gasteiger partial charge in [-0.1, -0.05) is 30.3 Å². The van der Waals surface area contributed by atoms with Crippen LogP contribution in [0.5, 0.6) is 0 Å². The molecule has 1 saturated carbocycles. The molecule has 92 valence electrons. The van der Waals surface area contributed by atoms with Gasteiger partial charge in [0.2, 0.25) is 0 Å². The molecule has 0 N–H and O–H groups in total. The number of benzene rings is 1. The van der Waals surface area contributed by atoms with Crippen molar-refractivity contribution in [1.29, 1.82) is 0 Å². The monoisotopic (exact) mass is 306 g/mol. The van der Waals surface area contributed by atoms with Crippen LogP contribution < -0.4 is 37.2 Å². The molecule has 0 spiro atoms. The molecule has 1 aromatic carbocycles. The SMILES string of the molecule is O=C1CCCC(c2ccccc2)C1.[Al+3].[Cl-].[Cl-].[Cl-]. The van der Waals surface area contributed by atoms with Gasteiger partial charge in [-0.05, 0) is 24.3 Å². The van der Waals surface area contributed by atoms with Gasteiger partial charge in [0.15, 0.2) is 0 Å². The average molecular weight is 308 g/mol. The maximum absolute atomic E-state index is 11.2. The van der Waals surface area contributed by atoms with Gasteiger partial charge in [0.1, 0.15) is 5.78 Å². The summed E-state index contributed by atoms with van der Waals surface area (Å²) in [5.41, 5.74) is 1.33. The fraction of sp³-hybridized carbons (Fsp3) is 0.417. The Bertz CT molecular complexity index is 306. The summed E-state index contributed by atoms with van der Waals surface area (Å²) in [4.78, 5) is 11.2. The molecule has 1 nitrogen and oxygen atoms in total. The van der Waals surface area contributed by atoms with Gasteiger partial charge in [-0.25, -0.2) is 0 Å². The average Bonchev–Trinajstić information content (AvgIpc) is 2.19. The maximum Gasteiger partial charge on any atom is 3.00 e. The zero-order valence-electron chi connectivity index (χ0n) is 9.41. The van der Waals surface area contributed by atoms with Gasteiger partial charge >= 0.3 is 17.4 Å². The summed E-state index contributed by atoms with van der Waals surface area (Å²) in [6, 6.07) is 10.4. The number of halogens is 3. The summed E-state index contributed by atoms with van der Waals surface area (Å²) in [5.74, 6) is 0.919. The predicted molar refractivity (Wildman–Crippen MR) is 58.4 cm³/mol. The van der Waals surface area contributed by atoms with Crippen LogP contribution >= 0.6 is 0 Å². The van der Waals surface area contributed by atoms with E-state index in [1.165, 1.54) is 12.0 Å². The summed E-state index contributed by atoms with van der Waals surface area (Å²) < 4.78 is 0. The fourth-order valence-corrected chi connectivity index (χ4v) is 2.03. The molecule has 2 rings (SSSR count). The second-order valence-corrected chi connectivity index (χ2v) is 3.74. The second kappa shape index (κ2) is 11.4. The first-order valence-electron chi connectivity index (χ1n) is 4.93. The van der Waals surface area contributed by atoms with Crippen molar-refractivity contribution < 1.29 is 42.0 Å². The summed E-state index contributed by atoms with van der Waals surface area (Å²) >= 11 is 0. The number of hydrogen-bond donors (Lipinski definition) is 0. The smallest absolute Gasteiger partial charge is 1.00 e. The molecule has 1 fully saturated rings. The molecule has 1 atom stereocenters. The quantitative estimate of drug-likeness (QED) is 0.472. The number of carbonyl (C=O) groups is 1. The molecule has 5 heteroatoms. The van der Waals surface area contributed by atoms with Crippen molar-refractivity contribution in [2.24, 2.45) is 0 Å². The van der Waals surface area contributed by atoms with Gasteiger partial charge < -0.3 is 37.2 Å². The molecule has 1 aliphatic carbocycles. The van der Waals surface area contributed by atoms with E-state index in [0.29, 0.717) is 11.7 Å². The Morgan fingerprint density at radius 3 is 2.12 bits per heavy atom. The molecular formula is C12H14AlCl3O. The number of ketones is 1. The molecule has 1 aliphatic rings. The van der Waals surface area contributed by atoms with Crippen molar-refractivity contribution in [2.45, 2.75) is 31.6 Å². The van der Waals surface area contributed by atoms with E-state index in [9.17, 15) is 4.79 Å². The van der Waals surface area contributed by atoms with Crippen molar-refractivity contribution in [1.82, 2.24) is 0 Å². The second-order valence-electron chi connectivity index (χ2n) is 3.74. The van der Waals surface area contributed by atoms with E-state index in [4.69, 9.17) is 0 Å². The van der Waals surface area contributed by atoms with E-state index >= 15 is 0 Å². The topological polar surface area (TPSA) is 17.1 Å². The van der Waals surface area contributed by atoms with Crippen molar-refractivity contribution in [3.63, 3.8) is 0 Å². The Kier molecular flexibility index (Phi) is 15.1. The normalized spacial score (nSPS) is 17.6. The first-order chi connectivity index (χ1) is 6.36. The van der Waals surface area contributed by atoms with Crippen LogP contribution in [-0.2, 0) is 4.79 Å². The Morgan fingerprint density at radius 2 is 1.59 bits per heavy atom. The van der Waals surface area contributed by atoms with Crippen LogP contribution in [0.3, 0.4) is 0 Å². The van der Waals surface area contributed by atoms with Crippen molar-refractivity contribution in [3.8, 4) is 0 Å². The van der Waals surface area contributed by atoms with E-state index in [-0.39, 0.29) is 54.6 Å². The first-order valence-corrected chi connectivity index (χ1v) is 4.93. The Hall–Kier alpha value is 0.292. The number of hydrogen-bond acceptors (Lipinski definition) is 1. The van der Waals surface area contributed by atoms with Gasteiger partial charge in [-0.3, -0.25) is 4.79 Å². The third kappa shape index (κ3) is 6.70.